The third-order valence-electron chi connectivity index (χ3n) is 5.61. The first kappa shape index (κ1) is 22.6. The van der Waals surface area contributed by atoms with Gasteiger partial charge in [-0.25, -0.2) is 14.2 Å². The Morgan fingerprint density at radius 2 is 1.83 bits per heavy atom. The highest BCUT2D eigenvalue weighted by Gasteiger charge is 2.33. The van der Waals surface area contributed by atoms with Crippen LogP contribution in [0, 0.1) is 5.82 Å². The molecular weight excluding hydrogens is 465 g/mol. The molecule has 1 unspecified atom stereocenters. The Hall–Kier alpha value is -4.17. The molecule has 4 aromatic rings. The van der Waals surface area contributed by atoms with E-state index in [-0.39, 0.29) is 17.7 Å². The number of thiazole rings is 1. The molecule has 174 valence electrons. The number of nitrogens with zero attached hydrogens (tertiary/aromatic N) is 3. The van der Waals surface area contributed by atoms with E-state index >= 15 is 0 Å². The molecule has 0 saturated heterocycles. The summed E-state index contributed by atoms with van der Waals surface area (Å²) >= 11 is 1.21. The first-order valence-corrected chi connectivity index (χ1v) is 11.7. The molecule has 6 nitrogen and oxygen atoms in total. The van der Waals surface area contributed by atoms with Gasteiger partial charge < -0.3 is 4.74 Å². The quantitative estimate of drug-likeness (QED) is 0.406. The lowest BCUT2D eigenvalue weighted by Crippen LogP contribution is -2.39. The van der Waals surface area contributed by atoms with Gasteiger partial charge in [-0.15, -0.1) is 0 Å². The summed E-state index contributed by atoms with van der Waals surface area (Å²) in [6, 6.07) is 19.7. The fourth-order valence-electron chi connectivity index (χ4n) is 3.94. The number of esters is 1. The van der Waals surface area contributed by atoms with Crippen LogP contribution < -0.4 is 14.9 Å². The SMILES string of the molecule is CC1=C(C(=O)OCc2ccccc2)C(c2ccc(F)cc2)n2c(s/c(=C/c3ccccn3)c2=O)=N1. The van der Waals surface area contributed by atoms with Crippen molar-refractivity contribution in [3.63, 3.8) is 0 Å². The van der Waals surface area contributed by atoms with Crippen molar-refractivity contribution in [3.05, 3.63) is 133 Å². The third kappa shape index (κ3) is 4.61. The van der Waals surface area contributed by atoms with Gasteiger partial charge in [0.1, 0.15) is 12.4 Å². The van der Waals surface area contributed by atoms with Crippen LogP contribution in [0.5, 0.6) is 0 Å². The van der Waals surface area contributed by atoms with Crippen molar-refractivity contribution in [2.75, 3.05) is 0 Å². The van der Waals surface area contributed by atoms with Crippen molar-refractivity contribution in [2.45, 2.75) is 19.6 Å². The molecule has 1 aliphatic rings. The molecule has 1 aliphatic heterocycles. The molecule has 0 fully saturated rings. The minimum Gasteiger partial charge on any atom is -0.457 e. The van der Waals surface area contributed by atoms with Gasteiger partial charge in [0.05, 0.1) is 27.5 Å². The van der Waals surface area contributed by atoms with Crippen LogP contribution in [0.1, 0.15) is 29.8 Å². The Morgan fingerprint density at radius 1 is 1.09 bits per heavy atom. The molecule has 8 heteroatoms. The van der Waals surface area contributed by atoms with E-state index < -0.39 is 17.8 Å². The molecule has 2 aromatic heterocycles. The Labute approximate surface area is 204 Å². The second kappa shape index (κ2) is 9.60. The van der Waals surface area contributed by atoms with Gasteiger partial charge >= 0.3 is 5.97 Å². The summed E-state index contributed by atoms with van der Waals surface area (Å²) in [5.41, 5.74) is 2.43. The Balaban J connectivity index is 1.61. The standard InChI is InChI=1S/C27H20FN3O3S/c1-17-23(26(33)34-16-18-7-3-2-4-8-18)24(19-10-12-20(28)13-11-19)31-25(32)22(35-27(31)30-17)15-21-9-5-6-14-29-21/h2-15,24H,16H2,1H3/b22-15+. The first-order valence-electron chi connectivity index (χ1n) is 10.9. The minimum absolute atomic E-state index is 0.0800. The van der Waals surface area contributed by atoms with Crippen molar-refractivity contribution in [3.8, 4) is 0 Å². The van der Waals surface area contributed by atoms with Crippen LogP contribution in [0.25, 0.3) is 6.08 Å². The summed E-state index contributed by atoms with van der Waals surface area (Å²) in [7, 11) is 0. The molecule has 0 aliphatic carbocycles. The van der Waals surface area contributed by atoms with Crippen LogP contribution in [0.3, 0.4) is 0 Å². The van der Waals surface area contributed by atoms with Crippen LogP contribution >= 0.6 is 11.3 Å². The number of benzene rings is 2. The van der Waals surface area contributed by atoms with E-state index in [4.69, 9.17) is 4.74 Å². The summed E-state index contributed by atoms with van der Waals surface area (Å²) in [4.78, 5) is 36.1. The van der Waals surface area contributed by atoms with Crippen LogP contribution in [-0.4, -0.2) is 15.5 Å². The van der Waals surface area contributed by atoms with Gasteiger partial charge in [-0.1, -0.05) is 59.9 Å². The monoisotopic (exact) mass is 485 g/mol. The van der Waals surface area contributed by atoms with Crippen LogP contribution in [0.4, 0.5) is 4.39 Å². The number of hydrogen-bond acceptors (Lipinski definition) is 6. The average molecular weight is 486 g/mol. The number of allylic oxidation sites excluding steroid dienone is 1. The first-order chi connectivity index (χ1) is 17.0. The molecule has 3 heterocycles. The summed E-state index contributed by atoms with van der Waals surface area (Å²) in [5, 5.41) is 0. The van der Waals surface area contributed by atoms with Gasteiger partial charge in [-0.2, -0.15) is 0 Å². The van der Waals surface area contributed by atoms with E-state index in [0.717, 1.165) is 5.56 Å². The molecule has 0 bridgehead atoms. The Kier molecular flexibility index (Phi) is 6.20. The predicted molar refractivity (Wildman–Crippen MR) is 131 cm³/mol. The van der Waals surface area contributed by atoms with Gasteiger partial charge in [0.25, 0.3) is 5.56 Å². The number of hydrogen-bond donors (Lipinski definition) is 0. The van der Waals surface area contributed by atoms with Crippen molar-refractivity contribution < 1.29 is 13.9 Å². The second-order valence-corrected chi connectivity index (χ2v) is 8.96. The number of halogens is 1. The zero-order valence-electron chi connectivity index (χ0n) is 18.7. The van der Waals surface area contributed by atoms with Crippen LogP contribution in [-0.2, 0) is 16.1 Å². The van der Waals surface area contributed by atoms with Crippen LogP contribution in [0.2, 0.25) is 0 Å². The molecule has 0 N–H and O–H groups in total. The number of rotatable bonds is 5. The van der Waals surface area contributed by atoms with E-state index in [2.05, 4.69) is 9.98 Å². The fourth-order valence-corrected chi connectivity index (χ4v) is 4.97. The number of carbonyl (C=O) groups excluding carboxylic acids is 1. The average Bonchev–Trinajstić information content (AvgIpc) is 3.17. The lowest BCUT2D eigenvalue weighted by atomic mass is 9.96. The second-order valence-electron chi connectivity index (χ2n) is 7.95. The van der Waals surface area contributed by atoms with E-state index in [9.17, 15) is 14.0 Å². The maximum Gasteiger partial charge on any atom is 0.338 e. The van der Waals surface area contributed by atoms with Crippen LogP contribution in [0.15, 0.2) is 100 Å². The number of aromatic nitrogens is 2. The third-order valence-corrected chi connectivity index (χ3v) is 6.59. The fraction of sp³-hybridized carbons (Fsp3) is 0.111. The molecule has 0 saturated carbocycles. The molecule has 5 rings (SSSR count). The topological polar surface area (TPSA) is 73.6 Å². The molecule has 2 aromatic carbocycles. The normalized spacial score (nSPS) is 15.5. The Bertz CT molecular complexity index is 1590. The summed E-state index contributed by atoms with van der Waals surface area (Å²) < 4.78 is 21.2. The van der Waals surface area contributed by atoms with E-state index in [1.165, 1.54) is 28.0 Å². The zero-order valence-corrected chi connectivity index (χ0v) is 19.5. The van der Waals surface area contributed by atoms with Gasteiger partial charge in [0.2, 0.25) is 0 Å². The van der Waals surface area contributed by atoms with Crippen molar-refractivity contribution >= 4 is 23.4 Å². The van der Waals surface area contributed by atoms with E-state index in [1.807, 2.05) is 36.4 Å². The smallest absolute Gasteiger partial charge is 0.338 e. The molecule has 1 atom stereocenters. The number of pyridine rings is 1. The molecule has 0 amide bonds. The maximum absolute atomic E-state index is 13.7. The summed E-state index contributed by atoms with van der Waals surface area (Å²) in [6.07, 6.45) is 3.34. The highest BCUT2D eigenvalue weighted by molar-refractivity contribution is 7.07. The lowest BCUT2D eigenvalue weighted by Gasteiger charge is -2.24. The maximum atomic E-state index is 13.7. The lowest BCUT2D eigenvalue weighted by molar-refractivity contribution is -0.140. The van der Waals surface area contributed by atoms with Gasteiger partial charge in [-0.05, 0) is 48.4 Å². The van der Waals surface area contributed by atoms with Crippen molar-refractivity contribution in [1.29, 1.82) is 0 Å². The molecular formula is C27H20FN3O3S. The minimum atomic E-state index is -0.805. The number of ether oxygens (including phenoxy) is 1. The van der Waals surface area contributed by atoms with Crippen molar-refractivity contribution in [1.82, 2.24) is 9.55 Å². The predicted octanol–water partition coefficient (Wildman–Crippen LogP) is 3.51. The Morgan fingerprint density at radius 3 is 2.54 bits per heavy atom. The van der Waals surface area contributed by atoms with Gasteiger partial charge in [0.15, 0.2) is 4.80 Å². The van der Waals surface area contributed by atoms with Gasteiger partial charge in [-0.3, -0.25) is 14.3 Å². The van der Waals surface area contributed by atoms with Crippen molar-refractivity contribution in [2.24, 2.45) is 4.99 Å². The largest absolute Gasteiger partial charge is 0.457 e. The zero-order chi connectivity index (χ0) is 24.4. The van der Waals surface area contributed by atoms with Gasteiger partial charge in [0, 0.05) is 6.20 Å². The van der Waals surface area contributed by atoms with E-state index in [1.54, 1.807) is 43.5 Å². The highest BCUT2D eigenvalue weighted by atomic mass is 32.1. The summed E-state index contributed by atoms with van der Waals surface area (Å²) in [5.74, 6) is -0.992. The molecule has 0 spiro atoms. The molecule has 35 heavy (non-hydrogen) atoms. The summed E-state index contributed by atoms with van der Waals surface area (Å²) in [6.45, 7) is 1.79. The number of carbonyl (C=O) groups is 1. The van der Waals surface area contributed by atoms with E-state index in [0.29, 0.717) is 26.3 Å². The highest BCUT2D eigenvalue weighted by Crippen LogP contribution is 2.31. The number of fused-ring (bicyclic) bond motifs is 1. The molecule has 0 radical (unpaired) electrons.